The molecule has 26 heavy (non-hydrogen) atoms. The van der Waals surface area contributed by atoms with Gasteiger partial charge in [0.25, 0.3) is 11.1 Å². The lowest BCUT2D eigenvalue weighted by atomic mass is 10.1. The van der Waals surface area contributed by atoms with E-state index in [4.69, 9.17) is 9.47 Å². The van der Waals surface area contributed by atoms with E-state index in [1.807, 2.05) is 59.5 Å². The zero-order valence-corrected chi connectivity index (χ0v) is 15.2. The largest absolute Gasteiger partial charge is 0.484 e. The molecule has 1 amide bonds. The minimum Gasteiger partial charge on any atom is -0.484 e. The molecule has 1 saturated heterocycles. The van der Waals surface area contributed by atoms with Crippen LogP contribution in [-0.2, 0) is 4.79 Å². The Balaban J connectivity index is 1.26. The second-order valence-corrected chi connectivity index (χ2v) is 7.24. The molecule has 0 aliphatic carbocycles. The van der Waals surface area contributed by atoms with Crippen molar-refractivity contribution in [3.63, 3.8) is 0 Å². The predicted molar refractivity (Wildman–Crippen MR) is 102 cm³/mol. The molecule has 0 bridgehead atoms. The maximum Gasteiger partial charge on any atom is 0.274 e. The zero-order chi connectivity index (χ0) is 17.8. The summed E-state index contributed by atoms with van der Waals surface area (Å²) in [4.78, 5) is 18.7. The first-order valence-corrected chi connectivity index (χ1v) is 9.57. The number of thiazole rings is 1. The molecular formula is C20H20N2O3S. The number of amides is 1. The van der Waals surface area contributed by atoms with Crippen molar-refractivity contribution >= 4 is 27.5 Å². The Morgan fingerprint density at radius 1 is 1.08 bits per heavy atom. The first-order chi connectivity index (χ1) is 12.8. The van der Waals surface area contributed by atoms with Crippen LogP contribution in [-0.4, -0.2) is 41.6 Å². The highest BCUT2D eigenvalue weighted by molar-refractivity contribution is 7.20. The van der Waals surface area contributed by atoms with Crippen LogP contribution in [0.15, 0.2) is 54.6 Å². The highest BCUT2D eigenvalue weighted by Gasteiger charge is 2.25. The van der Waals surface area contributed by atoms with Crippen LogP contribution in [0, 0.1) is 0 Å². The Labute approximate surface area is 156 Å². The van der Waals surface area contributed by atoms with Crippen molar-refractivity contribution in [3.05, 3.63) is 54.6 Å². The monoisotopic (exact) mass is 368 g/mol. The van der Waals surface area contributed by atoms with Crippen molar-refractivity contribution in [3.8, 4) is 10.9 Å². The molecule has 0 radical (unpaired) electrons. The lowest BCUT2D eigenvalue weighted by Crippen LogP contribution is -2.43. The molecule has 0 unspecified atom stereocenters. The molecule has 1 aliphatic heterocycles. The van der Waals surface area contributed by atoms with E-state index in [0.717, 1.165) is 28.8 Å². The average Bonchev–Trinajstić information content (AvgIpc) is 3.10. The van der Waals surface area contributed by atoms with Gasteiger partial charge in [-0.25, -0.2) is 4.98 Å². The number of fused-ring (bicyclic) bond motifs is 1. The zero-order valence-electron chi connectivity index (χ0n) is 14.3. The minimum absolute atomic E-state index is 0.0206. The lowest BCUT2D eigenvalue weighted by molar-refractivity contribution is -0.135. The molecule has 4 rings (SSSR count). The van der Waals surface area contributed by atoms with Gasteiger partial charge in [0.05, 0.1) is 10.2 Å². The number of nitrogens with zero attached hydrogens (tertiary/aromatic N) is 2. The van der Waals surface area contributed by atoms with E-state index in [1.54, 1.807) is 11.3 Å². The van der Waals surface area contributed by atoms with Crippen LogP contribution in [0.5, 0.6) is 10.9 Å². The number of carbonyl (C=O) groups excluding carboxylic acids is 1. The number of aromatic nitrogens is 1. The molecule has 1 aromatic heterocycles. The Kier molecular flexibility index (Phi) is 5.02. The van der Waals surface area contributed by atoms with Crippen molar-refractivity contribution in [1.29, 1.82) is 0 Å². The van der Waals surface area contributed by atoms with E-state index in [-0.39, 0.29) is 18.6 Å². The number of hydrogen-bond donors (Lipinski definition) is 0. The van der Waals surface area contributed by atoms with Gasteiger partial charge in [-0.15, -0.1) is 0 Å². The molecule has 6 heteroatoms. The van der Waals surface area contributed by atoms with Gasteiger partial charge >= 0.3 is 0 Å². The van der Waals surface area contributed by atoms with E-state index >= 15 is 0 Å². The third-order valence-corrected chi connectivity index (χ3v) is 5.37. The van der Waals surface area contributed by atoms with Crippen LogP contribution in [0.25, 0.3) is 10.2 Å². The molecule has 2 heterocycles. The summed E-state index contributed by atoms with van der Waals surface area (Å²) < 4.78 is 12.7. The second kappa shape index (κ2) is 7.74. The van der Waals surface area contributed by atoms with E-state index in [2.05, 4.69) is 4.98 Å². The van der Waals surface area contributed by atoms with Gasteiger partial charge in [-0.1, -0.05) is 41.7 Å². The van der Waals surface area contributed by atoms with E-state index < -0.39 is 0 Å². The summed E-state index contributed by atoms with van der Waals surface area (Å²) in [7, 11) is 0. The van der Waals surface area contributed by atoms with Crippen LogP contribution >= 0.6 is 11.3 Å². The molecule has 134 valence electrons. The fourth-order valence-electron chi connectivity index (χ4n) is 3.02. The quantitative estimate of drug-likeness (QED) is 0.688. The SMILES string of the molecule is O=C(COc1ccccc1)N1CCC(Oc2nc3ccccc3s2)CC1. The van der Waals surface area contributed by atoms with E-state index in [1.165, 1.54) is 0 Å². The Morgan fingerprint density at radius 3 is 2.58 bits per heavy atom. The molecule has 0 atom stereocenters. The van der Waals surface area contributed by atoms with Crippen molar-refractivity contribution in [1.82, 2.24) is 9.88 Å². The van der Waals surface area contributed by atoms with Crippen LogP contribution in [0.2, 0.25) is 0 Å². The summed E-state index contributed by atoms with van der Waals surface area (Å²) in [6, 6.07) is 17.4. The van der Waals surface area contributed by atoms with Gasteiger partial charge in [-0.2, -0.15) is 0 Å². The van der Waals surface area contributed by atoms with E-state index in [9.17, 15) is 4.79 Å². The highest BCUT2D eigenvalue weighted by Crippen LogP contribution is 2.29. The van der Waals surface area contributed by atoms with E-state index in [0.29, 0.717) is 18.3 Å². The van der Waals surface area contributed by atoms with Gasteiger partial charge < -0.3 is 14.4 Å². The number of para-hydroxylation sites is 2. The Hall–Kier alpha value is -2.60. The average molecular weight is 368 g/mol. The fraction of sp³-hybridized carbons (Fsp3) is 0.300. The molecule has 3 aromatic rings. The number of piperidine rings is 1. The Morgan fingerprint density at radius 2 is 1.81 bits per heavy atom. The summed E-state index contributed by atoms with van der Waals surface area (Å²) >= 11 is 1.57. The van der Waals surface area contributed by atoms with Crippen molar-refractivity contribution in [2.24, 2.45) is 0 Å². The van der Waals surface area contributed by atoms with Crippen molar-refractivity contribution in [2.75, 3.05) is 19.7 Å². The van der Waals surface area contributed by atoms with Crippen LogP contribution < -0.4 is 9.47 Å². The summed E-state index contributed by atoms with van der Waals surface area (Å²) in [5.41, 5.74) is 0.971. The molecule has 2 aromatic carbocycles. The standard InChI is InChI=1S/C20H20N2O3S/c23-19(14-24-15-6-2-1-3-7-15)22-12-10-16(11-13-22)25-20-21-17-8-4-5-9-18(17)26-20/h1-9,16H,10-14H2. The van der Waals surface area contributed by atoms with Crippen LogP contribution in [0.4, 0.5) is 0 Å². The first kappa shape index (κ1) is 16.8. The van der Waals surface area contributed by atoms with Gasteiger partial charge in [-0.3, -0.25) is 4.79 Å². The number of likely N-dealkylation sites (tertiary alicyclic amines) is 1. The van der Waals surface area contributed by atoms with Gasteiger partial charge in [0.1, 0.15) is 11.9 Å². The number of benzene rings is 2. The maximum absolute atomic E-state index is 12.3. The normalized spacial score (nSPS) is 15.2. The Bertz CT molecular complexity index is 840. The maximum atomic E-state index is 12.3. The molecule has 0 saturated carbocycles. The molecule has 5 nitrogen and oxygen atoms in total. The van der Waals surface area contributed by atoms with Crippen LogP contribution in [0.3, 0.4) is 0 Å². The number of carbonyl (C=O) groups is 1. The molecule has 1 aliphatic rings. The van der Waals surface area contributed by atoms with Gasteiger partial charge in [0.15, 0.2) is 6.61 Å². The lowest BCUT2D eigenvalue weighted by Gasteiger charge is -2.31. The summed E-state index contributed by atoms with van der Waals surface area (Å²) in [6.07, 6.45) is 1.73. The number of hydrogen-bond acceptors (Lipinski definition) is 5. The smallest absolute Gasteiger partial charge is 0.274 e. The minimum atomic E-state index is 0.0206. The third-order valence-electron chi connectivity index (χ3n) is 4.44. The molecule has 0 N–H and O–H groups in total. The van der Waals surface area contributed by atoms with Gasteiger partial charge in [-0.05, 0) is 24.3 Å². The van der Waals surface area contributed by atoms with Gasteiger partial charge in [0, 0.05) is 25.9 Å². The third kappa shape index (κ3) is 3.96. The van der Waals surface area contributed by atoms with Crippen molar-refractivity contribution in [2.45, 2.75) is 18.9 Å². The molecule has 0 spiro atoms. The van der Waals surface area contributed by atoms with Crippen molar-refractivity contribution < 1.29 is 14.3 Å². The predicted octanol–water partition coefficient (Wildman–Crippen LogP) is 3.75. The molecule has 1 fully saturated rings. The highest BCUT2D eigenvalue weighted by atomic mass is 32.1. The van der Waals surface area contributed by atoms with Gasteiger partial charge in [0.2, 0.25) is 0 Å². The fourth-order valence-corrected chi connectivity index (χ4v) is 3.90. The number of rotatable bonds is 5. The molecular weight excluding hydrogens is 348 g/mol. The summed E-state index contributed by atoms with van der Waals surface area (Å²) in [6.45, 7) is 1.45. The second-order valence-electron chi connectivity index (χ2n) is 6.25. The summed E-state index contributed by atoms with van der Waals surface area (Å²) in [5, 5.41) is 0.711. The van der Waals surface area contributed by atoms with Crippen LogP contribution in [0.1, 0.15) is 12.8 Å². The number of ether oxygens (including phenoxy) is 2. The summed E-state index contributed by atoms with van der Waals surface area (Å²) in [5.74, 6) is 0.738. The topological polar surface area (TPSA) is 51.7 Å². The first-order valence-electron chi connectivity index (χ1n) is 8.76.